The SMILES string of the molecule is CCc1cc(Br)cc(-c2cc(C(=O)O)on2)c1OC. The number of nitrogens with zero attached hydrogens (tertiary/aromatic N) is 1. The molecule has 0 atom stereocenters. The van der Waals surface area contributed by atoms with Crippen LogP contribution in [-0.2, 0) is 6.42 Å². The third-order valence-electron chi connectivity index (χ3n) is 2.71. The molecule has 0 radical (unpaired) electrons. The molecule has 0 fully saturated rings. The molecule has 0 aliphatic heterocycles. The number of methoxy groups -OCH3 is 1. The van der Waals surface area contributed by atoms with Crippen LogP contribution in [0.15, 0.2) is 27.2 Å². The second-order valence-corrected chi connectivity index (χ2v) is 4.80. The predicted molar refractivity (Wildman–Crippen MR) is 72.5 cm³/mol. The largest absolute Gasteiger partial charge is 0.496 e. The first kappa shape index (κ1) is 13.6. The van der Waals surface area contributed by atoms with E-state index in [2.05, 4.69) is 21.1 Å². The van der Waals surface area contributed by atoms with Crippen LogP contribution in [0.1, 0.15) is 23.0 Å². The number of ether oxygens (including phenoxy) is 1. The van der Waals surface area contributed by atoms with Gasteiger partial charge in [-0.2, -0.15) is 0 Å². The van der Waals surface area contributed by atoms with E-state index in [1.807, 2.05) is 19.1 Å². The number of hydrogen-bond donors (Lipinski definition) is 1. The average molecular weight is 326 g/mol. The van der Waals surface area contributed by atoms with Crippen LogP contribution in [0.25, 0.3) is 11.3 Å². The average Bonchev–Trinajstić information content (AvgIpc) is 2.87. The van der Waals surface area contributed by atoms with E-state index in [4.69, 9.17) is 14.4 Å². The number of aromatic carboxylic acids is 1. The second kappa shape index (κ2) is 5.44. The van der Waals surface area contributed by atoms with Gasteiger partial charge in [-0.15, -0.1) is 0 Å². The third-order valence-corrected chi connectivity index (χ3v) is 3.17. The second-order valence-electron chi connectivity index (χ2n) is 3.88. The van der Waals surface area contributed by atoms with E-state index in [1.54, 1.807) is 7.11 Å². The molecule has 0 aliphatic carbocycles. The maximum atomic E-state index is 10.8. The molecule has 0 saturated heterocycles. The van der Waals surface area contributed by atoms with Crippen molar-refractivity contribution >= 4 is 21.9 Å². The summed E-state index contributed by atoms with van der Waals surface area (Å²) in [6.45, 7) is 2.01. The molecule has 2 rings (SSSR count). The molecule has 5 nitrogen and oxygen atoms in total. The van der Waals surface area contributed by atoms with E-state index in [1.165, 1.54) is 6.07 Å². The Balaban J connectivity index is 2.59. The van der Waals surface area contributed by atoms with Crippen LogP contribution in [0, 0.1) is 0 Å². The maximum absolute atomic E-state index is 10.8. The van der Waals surface area contributed by atoms with Crippen molar-refractivity contribution in [2.75, 3.05) is 7.11 Å². The van der Waals surface area contributed by atoms with E-state index < -0.39 is 5.97 Å². The van der Waals surface area contributed by atoms with Crippen molar-refractivity contribution in [2.45, 2.75) is 13.3 Å². The predicted octanol–water partition coefficient (Wildman–Crippen LogP) is 3.37. The molecule has 6 heteroatoms. The summed E-state index contributed by atoms with van der Waals surface area (Å²) in [5.41, 5.74) is 2.14. The molecule has 1 aromatic heterocycles. The summed E-state index contributed by atoms with van der Waals surface area (Å²) in [7, 11) is 1.57. The molecular formula is C13H12BrNO4. The fourth-order valence-corrected chi connectivity index (χ4v) is 2.35. The summed E-state index contributed by atoms with van der Waals surface area (Å²) >= 11 is 3.42. The number of carboxylic acids is 1. The highest BCUT2D eigenvalue weighted by molar-refractivity contribution is 9.10. The summed E-state index contributed by atoms with van der Waals surface area (Å²) < 4.78 is 11.0. The summed E-state index contributed by atoms with van der Waals surface area (Å²) in [6, 6.07) is 5.16. The normalized spacial score (nSPS) is 10.5. The molecule has 0 aliphatic rings. The Kier molecular flexibility index (Phi) is 3.90. The van der Waals surface area contributed by atoms with E-state index >= 15 is 0 Å². The van der Waals surface area contributed by atoms with Gasteiger partial charge in [-0.05, 0) is 24.1 Å². The molecule has 1 N–H and O–H groups in total. The Morgan fingerprint density at radius 2 is 2.21 bits per heavy atom. The molecule has 0 unspecified atom stereocenters. The van der Waals surface area contributed by atoms with Crippen LogP contribution in [0.5, 0.6) is 5.75 Å². The molecule has 0 spiro atoms. The monoisotopic (exact) mass is 325 g/mol. The molecule has 1 heterocycles. The standard InChI is InChI=1S/C13H12BrNO4/c1-3-7-4-8(14)5-9(12(7)18-2)10-6-11(13(16)17)19-15-10/h4-6H,3H2,1-2H3,(H,16,17). The van der Waals surface area contributed by atoms with Crippen molar-refractivity contribution in [3.63, 3.8) is 0 Å². The molecule has 0 bridgehead atoms. The number of aromatic nitrogens is 1. The van der Waals surface area contributed by atoms with Crippen molar-refractivity contribution in [3.8, 4) is 17.0 Å². The molecule has 0 saturated carbocycles. The van der Waals surface area contributed by atoms with Crippen LogP contribution >= 0.6 is 15.9 Å². The number of rotatable bonds is 4. The summed E-state index contributed by atoms with van der Waals surface area (Å²) in [4.78, 5) is 10.8. The van der Waals surface area contributed by atoms with Gasteiger partial charge in [0.25, 0.3) is 0 Å². The van der Waals surface area contributed by atoms with Gasteiger partial charge in [-0.1, -0.05) is 28.0 Å². The number of carbonyl (C=O) groups is 1. The van der Waals surface area contributed by atoms with Crippen LogP contribution in [0.4, 0.5) is 0 Å². The van der Waals surface area contributed by atoms with Gasteiger partial charge >= 0.3 is 5.97 Å². The molecule has 100 valence electrons. The number of aryl methyl sites for hydroxylation is 1. The van der Waals surface area contributed by atoms with Gasteiger partial charge in [0.15, 0.2) is 0 Å². The molecular weight excluding hydrogens is 314 g/mol. The summed E-state index contributed by atoms with van der Waals surface area (Å²) in [6.07, 6.45) is 0.791. The maximum Gasteiger partial charge on any atom is 0.374 e. The summed E-state index contributed by atoms with van der Waals surface area (Å²) in [5.74, 6) is -0.672. The Morgan fingerprint density at radius 3 is 2.74 bits per heavy atom. The number of hydrogen-bond acceptors (Lipinski definition) is 4. The Labute approximate surface area is 118 Å². The first-order chi connectivity index (χ1) is 9.06. The van der Waals surface area contributed by atoms with Crippen molar-refractivity contribution in [2.24, 2.45) is 0 Å². The zero-order valence-electron chi connectivity index (χ0n) is 10.4. The van der Waals surface area contributed by atoms with E-state index in [0.29, 0.717) is 17.0 Å². The molecule has 1 aromatic carbocycles. The lowest BCUT2D eigenvalue weighted by molar-refractivity contribution is 0.0652. The van der Waals surface area contributed by atoms with Gasteiger partial charge in [0.2, 0.25) is 5.76 Å². The molecule has 2 aromatic rings. The van der Waals surface area contributed by atoms with E-state index in [0.717, 1.165) is 16.5 Å². The highest BCUT2D eigenvalue weighted by atomic mass is 79.9. The molecule has 19 heavy (non-hydrogen) atoms. The lowest BCUT2D eigenvalue weighted by Gasteiger charge is -2.11. The van der Waals surface area contributed by atoms with Crippen LogP contribution in [0.2, 0.25) is 0 Å². The number of halogens is 1. The van der Waals surface area contributed by atoms with Gasteiger partial charge in [0.05, 0.1) is 7.11 Å². The Hall–Kier alpha value is -1.82. The minimum absolute atomic E-state index is 0.199. The zero-order valence-corrected chi connectivity index (χ0v) is 12.0. The van der Waals surface area contributed by atoms with Crippen LogP contribution in [0.3, 0.4) is 0 Å². The topological polar surface area (TPSA) is 72.6 Å². The lowest BCUT2D eigenvalue weighted by Crippen LogP contribution is -1.95. The molecule has 0 amide bonds. The van der Waals surface area contributed by atoms with E-state index in [9.17, 15) is 4.79 Å². The van der Waals surface area contributed by atoms with Gasteiger partial charge in [-0.25, -0.2) is 4.79 Å². The van der Waals surface area contributed by atoms with Crippen LogP contribution in [-0.4, -0.2) is 23.3 Å². The van der Waals surface area contributed by atoms with Gasteiger partial charge < -0.3 is 14.4 Å². The van der Waals surface area contributed by atoms with Crippen LogP contribution < -0.4 is 4.74 Å². The van der Waals surface area contributed by atoms with E-state index in [-0.39, 0.29) is 5.76 Å². The number of benzene rings is 1. The highest BCUT2D eigenvalue weighted by Gasteiger charge is 2.18. The fraction of sp³-hybridized carbons (Fsp3) is 0.231. The summed E-state index contributed by atoms with van der Waals surface area (Å²) in [5, 5.41) is 12.6. The zero-order chi connectivity index (χ0) is 14.0. The fourth-order valence-electron chi connectivity index (χ4n) is 1.85. The highest BCUT2D eigenvalue weighted by Crippen LogP contribution is 2.36. The van der Waals surface area contributed by atoms with Gasteiger partial charge in [0.1, 0.15) is 11.4 Å². The Morgan fingerprint density at radius 1 is 1.47 bits per heavy atom. The quantitative estimate of drug-likeness (QED) is 0.932. The lowest BCUT2D eigenvalue weighted by atomic mass is 10.0. The smallest absolute Gasteiger partial charge is 0.374 e. The first-order valence-corrected chi connectivity index (χ1v) is 6.43. The van der Waals surface area contributed by atoms with Crippen molar-refractivity contribution in [1.29, 1.82) is 0 Å². The van der Waals surface area contributed by atoms with Gasteiger partial charge in [0, 0.05) is 16.1 Å². The minimum atomic E-state index is -1.15. The first-order valence-electron chi connectivity index (χ1n) is 5.63. The minimum Gasteiger partial charge on any atom is -0.496 e. The Bertz CT molecular complexity index is 621. The van der Waals surface area contributed by atoms with Crippen molar-refractivity contribution < 1.29 is 19.2 Å². The van der Waals surface area contributed by atoms with Crippen molar-refractivity contribution in [1.82, 2.24) is 5.16 Å². The number of carboxylic acid groups (broad SMARTS) is 1. The van der Waals surface area contributed by atoms with Crippen molar-refractivity contribution in [3.05, 3.63) is 34.0 Å². The van der Waals surface area contributed by atoms with Gasteiger partial charge in [-0.3, -0.25) is 0 Å². The third kappa shape index (κ3) is 2.63.